The van der Waals surface area contributed by atoms with E-state index in [1.165, 1.54) is 6.42 Å². The Morgan fingerprint density at radius 2 is 2.22 bits per heavy atom. The minimum Gasteiger partial charge on any atom is -0.491 e. The Hall–Kier alpha value is -2.34. The molecule has 1 amide bonds. The second kappa shape index (κ2) is 7.78. The summed E-state index contributed by atoms with van der Waals surface area (Å²) in [5.74, 6) is 0.669. The number of rotatable bonds is 6. The molecule has 1 saturated heterocycles. The Balaban J connectivity index is 1.45. The maximum Gasteiger partial charge on any atom is 0.246 e. The van der Waals surface area contributed by atoms with Gasteiger partial charge in [-0.25, -0.2) is 0 Å². The summed E-state index contributed by atoms with van der Waals surface area (Å²) in [6.45, 7) is 1.60. The normalized spacial score (nSPS) is 17.7. The number of nitrogens with zero attached hydrogens (tertiary/aromatic N) is 2. The largest absolute Gasteiger partial charge is 0.491 e. The van der Waals surface area contributed by atoms with Crippen molar-refractivity contribution in [3.05, 3.63) is 42.7 Å². The lowest BCUT2D eigenvalue weighted by Crippen LogP contribution is -2.25. The van der Waals surface area contributed by atoms with Gasteiger partial charge in [-0.15, -0.1) is 0 Å². The van der Waals surface area contributed by atoms with Gasteiger partial charge < -0.3 is 14.8 Å². The van der Waals surface area contributed by atoms with Crippen LogP contribution in [0.4, 0.5) is 5.69 Å². The van der Waals surface area contributed by atoms with Crippen LogP contribution >= 0.6 is 0 Å². The van der Waals surface area contributed by atoms with Crippen LogP contribution in [0.1, 0.15) is 19.3 Å². The summed E-state index contributed by atoms with van der Waals surface area (Å²) < 4.78 is 13.0. The third-order valence-corrected chi connectivity index (χ3v) is 3.71. The van der Waals surface area contributed by atoms with Gasteiger partial charge in [0.05, 0.1) is 6.10 Å². The summed E-state index contributed by atoms with van der Waals surface area (Å²) in [4.78, 5) is 11.9. The molecule has 0 radical (unpaired) electrons. The number of ether oxygens (including phenoxy) is 2. The highest BCUT2D eigenvalue weighted by Crippen LogP contribution is 2.18. The molecule has 6 heteroatoms. The van der Waals surface area contributed by atoms with E-state index in [1.54, 1.807) is 23.1 Å². The SMILES string of the molecule is O=C(Cn1cccn1)Nc1ccc(OCC2CCCCO2)cc1. The molecule has 1 fully saturated rings. The predicted octanol–water partition coefficient (Wildman–Crippen LogP) is 2.47. The minimum atomic E-state index is -0.113. The van der Waals surface area contributed by atoms with Crippen LogP contribution in [0.3, 0.4) is 0 Å². The second-order valence-corrected chi connectivity index (χ2v) is 5.58. The molecule has 0 bridgehead atoms. The Kier molecular flexibility index (Phi) is 5.26. The summed E-state index contributed by atoms with van der Waals surface area (Å²) in [5.41, 5.74) is 0.739. The first-order valence-electron chi connectivity index (χ1n) is 7.91. The van der Waals surface area contributed by atoms with E-state index in [0.717, 1.165) is 30.9 Å². The highest BCUT2D eigenvalue weighted by Gasteiger charge is 2.14. The fourth-order valence-electron chi connectivity index (χ4n) is 2.50. The molecule has 23 heavy (non-hydrogen) atoms. The molecule has 1 atom stereocenters. The van der Waals surface area contributed by atoms with Crippen LogP contribution < -0.4 is 10.1 Å². The molecule has 1 N–H and O–H groups in total. The van der Waals surface area contributed by atoms with Gasteiger partial charge in [0.1, 0.15) is 18.9 Å². The van der Waals surface area contributed by atoms with Crippen LogP contribution in [0.25, 0.3) is 0 Å². The van der Waals surface area contributed by atoms with Crippen molar-refractivity contribution < 1.29 is 14.3 Å². The van der Waals surface area contributed by atoms with Crippen LogP contribution in [-0.2, 0) is 16.1 Å². The molecule has 0 aliphatic carbocycles. The fourth-order valence-corrected chi connectivity index (χ4v) is 2.50. The number of carbonyl (C=O) groups is 1. The molecule has 0 spiro atoms. The average molecular weight is 315 g/mol. The number of hydrogen-bond acceptors (Lipinski definition) is 4. The third-order valence-electron chi connectivity index (χ3n) is 3.71. The lowest BCUT2D eigenvalue weighted by molar-refractivity contribution is -0.116. The Morgan fingerprint density at radius 3 is 2.91 bits per heavy atom. The summed E-state index contributed by atoms with van der Waals surface area (Å²) in [7, 11) is 0. The number of benzene rings is 1. The van der Waals surface area contributed by atoms with E-state index in [1.807, 2.05) is 24.3 Å². The Bertz CT molecular complexity index is 605. The van der Waals surface area contributed by atoms with Gasteiger partial charge in [-0.2, -0.15) is 5.10 Å². The van der Waals surface area contributed by atoms with Crippen molar-refractivity contribution in [3.63, 3.8) is 0 Å². The first kappa shape index (κ1) is 15.6. The zero-order valence-corrected chi connectivity index (χ0v) is 13.0. The van der Waals surface area contributed by atoms with Crippen molar-refractivity contribution in [2.24, 2.45) is 0 Å². The van der Waals surface area contributed by atoms with Gasteiger partial charge in [-0.05, 0) is 49.6 Å². The first-order chi connectivity index (χ1) is 11.3. The summed E-state index contributed by atoms with van der Waals surface area (Å²) in [6.07, 6.45) is 7.00. The molecule has 122 valence electrons. The number of aromatic nitrogens is 2. The van der Waals surface area contributed by atoms with E-state index in [9.17, 15) is 4.79 Å². The van der Waals surface area contributed by atoms with Gasteiger partial charge in [-0.3, -0.25) is 9.48 Å². The molecule has 1 aromatic heterocycles. The van der Waals surface area contributed by atoms with Crippen LogP contribution in [0.2, 0.25) is 0 Å². The molecule has 2 heterocycles. The number of amides is 1. The van der Waals surface area contributed by atoms with E-state index in [0.29, 0.717) is 6.61 Å². The summed E-state index contributed by atoms with van der Waals surface area (Å²) in [6, 6.07) is 9.16. The summed E-state index contributed by atoms with van der Waals surface area (Å²) >= 11 is 0. The van der Waals surface area contributed by atoms with Crippen LogP contribution in [0.5, 0.6) is 5.75 Å². The monoisotopic (exact) mass is 315 g/mol. The van der Waals surface area contributed by atoms with Gasteiger partial charge in [0, 0.05) is 24.7 Å². The molecule has 2 aromatic rings. The van der Waals surface area contributed by atoms with Crippen LogP contribution in [0, 0.1) is 0 Å². The molecule has 0 saturated carbocycles. The van der Waals surface area contributed by atoms with Gasteiger partial charge in [0.15, 0.2) is 0 Å². The number of anilines is 1. The van der Waals surface area contributed by atoms with Crippen LogP contribution in [-0.4, -0.2) is 35.0 Å². The smallest absolute Gasteiger partial charge is 0.246 e. The van der Waals surface area contributed by atoms with Crippen molar-refractivity contribution >= 4 is 11.6 Å². The molecule has 1 aromatic carbocycles. The molecular formula is C17H21N3O3. The zero-order valence-electron chi connectivity index (χ0n) is 13.0. The first-order valence-corrected chi connectivity index (χ1v) is 7.91. The quantitative estimate of drug-likeness (QED) is 0.889. The molecule has 6 nitrogen and oxygen atoms in total. The minimum absolute atomic E-state index is 0.113. The maximum atomic E-state index is 11.9. The average Bonchev–Trinajstić information content (AvgIpc) is 3.08. The topological polar surface area (TPSA) is 65.4 Å². The number of carbonyl (C=O) groups excluding carboxylic acids is 1. The lowest BCUT2D eigenvalue weighted by Gasteiger charge is -2.22. The zero-order chi connectivity index (χ0) is 15.9. The van der Waals surface area contributed by atoms with Crippen molar-refractivity contribution in [2.75, 3.05) is 18.5 Å². The van der Waals surface area contributed by atoms with Crippen molar-refractivity contribution in [1.82, 2.24) is 9.78 Å². The molecule has 1 unspecified atom stereocenters. The highest BCUT2D eigenvalue weighted by molar-refractivity contribution is 5.90. The van der Waals surface area contributed by atoms with Crippen molar-refractivity contribution in [3.8, 4) is 5.75 Å². The predicted molar refractivity (Wildman–Crippen MR) is 86.4 cm³/mol. The van der Waals surface area contributed by atoms with E-state index >= 15 is 0 Å². The molecule has 3 rings (SSSR count). The number of nitrogens with one attached hydrogen (secondary N) is 1. The molecule has 1 aliphatic rings. The van der Waals surface area contributed by atoms with E-state index in [-0.39, 0.29) is 18.6 Å². The van der Waals surface area contributed by atoms with E-state index in [2.05, 4.69) is 10.4 Å². The van der Waals surface area contributed by atoms with Gasteiger partial charge in [-0.1, -0.05) is 0 Å². The second-order valence-electron chi connectivity index (χ2n) is 5.58. The number of hydrogen-bond donors (Lipinski definition) is 1. The standard InChI is InChI=1S/C17H21N3O3/c21-17(12-20-10-3-9-18-20)19-14-5-7-15(8-6-14)23-13-16-4-1-2-11-22-16/h3,5-10,16H,1-2,4,11-13H2,(H,19,21). The third kappa shape index (κ3) is 4.82. The van der Waals surface area contributed by atoms with Gasteiger partial charge >= 0.3 is 0 Å². The Labute approximate surface area is 135 Å². The molecular weight excluding hydrogens is 294 g/mol. The molecule has 1 aliphatic heterocycles. The maximum absolute atomic E-state index is 11.9. The Morgan fingerprint density at radius 1 is 1.35 bits per heavy atom. The fraction of sp³-hybridized carbons (Fsp3) is 0.412. The van der Waals surface area contributed by atoms with Gasteiger partial charge in [0.2, 0.25) is 5.91 Å². The van der Waals surface area contributed by atoms with Crippen molar-refractivity contribution in [2.45, 2.75) is 31.9 Å². The lowest BCUT2D eigenvalue weighted by atomic mass is 10.1. The van der Waals surface area contributed by atoms with Gasteiger partial charge in [0.25, 0.3) is 0 Å². The van der Waals surface area contributed by atoms with Crippen LogP contribution in [0.15, 0.2) is 42.7 Å². The van der Waals surface area contributed by atoms with Crippen molar-refractivity contribution in [1.29, 1.82) is 0 Å². The highest BCUT2D eigenvalue weighted by atomic mass is 16.5. The van der Waals surface area contributed by atoms with E-state index in [4.69, 9.17) is 9.47 Å². The summed E-state index contributed by atoms with van der Waals surface area (Å²) in [5, 5.41) is 6.84. The van der Waals surface area contributed by atoms with E-state index < -0.39 is 0 Å².